The minimum Gasteiger partial charge on any atom is -0.211 e. The summed E-state index contributed by atoms with van der Waals surface area (Å²) in [6, 6.07) is 4.45. The van der Waals surface area contributed by atoms with Gasteiger partial charge < -0.3 is 0 Å². The first-order valence-electron chi connectivity index (χ1n) is 5.36. The van der Waals surface area contributed by atoms with E-state index in [-0.39, 0.29) is 17.0 Å². The lowest BCUT2D eigenvalue weighted by molar-refractivity contribution is -0.138. The largest absolute Gasteiger partial charge is 0.389 e. The predicted octanol–water partition coefficient (Wildman–Crippen LogP) is 2.32. The van der Waals surface area contributed by atoms with E-state index in [1.807, 2.05) is 0 Å². The van der Waals surface area contributed by atoms with Crippen molar-refractivity contribution in [3.05, 3.63) is 29.3 Å². The number of alkyl halides is 3. The Balaban J connectivity index is 2.48. The molecule has 0 bridgehead atoms. The van der Waals surface area contributed by atoms with Crippen LogP contribution in [0.2, 0.25) is 0 Å². The Hall–Kier alpha value is -1.08. The maximum absolute atomic E-state index is 12.5. The molecule has 0 saturated heterocycles. The number of hydrogen-bond donors (Lipinski definition) is 1. The third-order valence-electron chi connectivity index (χ3n) is 2.89. The quantitative estimate of drug-likeness (QED) is 0.857. The van der Waals surface area contributed by atoms with Gasteiger partial charge in [-0.05, 0) is 18.6 Å². The monoisotopic (exact) mass is 279 g/mol. The highest BCUT2D eigenvalue weighted by Crippen LogP contribution is 2.36. The lowest BCUT2D eigenvalue weighted by atomic mass is 9.94. The molecule has 100 valence electrons. The fourth-order valence-electron chi connectivity index (χ4n) is 2.09. The van der Waals surface area contributed by atoms with Gasteiger partial charge in [-0.3, -0.25) is 0 Å². The minimum atomic E-state index is -4.31. The minimum absolute atomic E-state index is 0.0476. The molecule has 0 spiro atoms. The van der Waals surface area contributed by atoms with E-state index in [0.717, 1.165) is 5.56 Å². The first-order valence-corrected chi connectivity index (χ1v) is 6.84. The lowest BCUT2D eigenvalue weighted by Gasteiger charge is -2.27. The van der Waals surface area contributed by atoms with Crippen molar-refractivity contribution < 1.29 is 21.6 Å². The molecule has 1 aromatic carbocycles. The van der Waals surface area contributed by atoms with E-state index in [4.69, 9.17) is 0 Å². The SMILES string of the molecule is Cc1ccc2c(c1)C(CC(F)(F)F)CNS2(=O)=O. The first-order chi connectivity index (χ1) is 8.19. The Labute approximate surface area is 103 Å². The van der Waals surface area contributed by atoms with Gasteiger partial charge in [-0.15, -0.1) is 0 Å². The fourth-order valence-corrected chi connectivity index (χ4v) is 3.45. The molecule has 0 amide bonds. The van der Waals surface area contributed by atoms with Crippen LogP contribution < -0.4 is 4.72 Å². The summed E-state index contributed by atoms with van der Waals surface area (Å²) in [7, 11) is -3.66. The summed E-state index contributed by atoms with van der Waals surface area (Å²) >= 11 is 0. The van der Waals surface area contributed by atoms with Crippen LogP contribution >= 0.6 is 0 Å². The number of hydrogen-bond acceptors (Lipinski definition) is 2. The van der Waals surface area contributed by atoms with Gasteiger partial charge in [0.2, 0.25) is 10.0 Å². The van der Waals surface area contributed by atoms with Gasteiger partial charge >= 0.3 is 6.18 Å². The van der Waals surface area contributed by atoms with Gasteiger partial charge in [0.25, 0.3) is 0 Å². The molecule has 0 radical (unpaired) electrons. The summed E-state index contributed by atoms with van der Waals surface area (Å²) in [6.07, 6.45) is -5.33. The van der Waals surface area contributed by atoms with Crippen LogP contribution in [0.5, 0.6) is 0 Å². The average Bonchev–Trinajstić information content (AvgIpc) is 2.21. The summed E-state index contributed by atoms with van der Waals surface area (Å²) in [5.41, 5.74) is 1.00. The van der Waals surface area contributed by atoms with Crippen LogP contribution in [-0.2, 0) is 10.0 Å². The van der Waals surface area contributed by atoms with Gasteiger partial charge in [-0.1, -0.05) is 17.7 Å². The molecule has 1 aromatic rings. The highest BCUT2D eigenvalue weighted by atomic mass is 32.2. The summed E-state index contributed by atoms with van der Waals surface area (Å²) in [4.78, 5) is -0.0476. The molecule has 1 N–H and O–H groups in total. The molecular formula is C11H12F3NO2S. The van der Waals surface area contributed by atoms with E-state index in [9.17, 15) is 21.6 Å². The summed E-state index contributed by atoms with van der Waals surface area (Å²) in [5, 5.41) is 0. The Bertz CT molecular complexity index is 566. The van der Waals surface area contributed by atoms with Crippen LogP contribution in [0, 0.1) is 6.92 Å². The molecule has 1 atom stereocenters. The van der Waals surface area contributed by atoms with Crippen molar-refractivity contribution in [2.75, 3.05) is 6.54 Å². The molecule has 7 heteroatoms. The second-order valence-corrected chi connectivity index (χ2v) is 6.14. The molecule has 0 saturated carbocycles. The first kappa shape index (κ1) is 13.4. The smallest absolute Gasteiger partial charge is 0.211 e. The van der Waals surface area contributed by atoms with Crippen LogP contribution in [0.1, 0.15) is 23.5 Å². The van der Waals surface area contributed by atoms with E-state index >= 15 is 0 Å². The van der Waals surface area contributed by atoms with Crippen molar-refractivity contribution in [3.8, 4) is 0 Å². The molecular weight excluding hydrogens is 267 g/mol. The third kappa shape index (κ3) is 2.67. The molecule has 0 fully saturated rings. The molecule has 2 rings (SSSR count). The van der Waals surface area contributed by atoms with Gasteiger partial charge in [-0.2, -0.15) is 13.2 Å². The maximum Gasteiger partial charge on any atom is 0.389 e. The van der Waals surface area contributed by atoms with Crippen LogP contribution in [0.25, 0.3) is 0 Å². The number of halogens is 3. The van der Waals surface area contributed by atoms with E-state index in [2.05, 4.69) is 4.72 Å². The van der Waals surface area contributed by atoms with E-state index in [1.54, 1.807) is 13.0 Å². The third-order valence-corrected chi connectivity index (χ3v) is 4.39. The number of rotatable bonds is 1. The Morgan fingerprint density at radius 1 is 1.39 bits per heavy atom. The Morgan fingerprint density at radius 3 is 2.67 bits per heavy atom. The van der Waals surface area contributed by atoms with Crippen molar-refractivity contribution in [2.24, 2.45) is 0 Å². The normalized spacial score (nSPS) is 22.6. The molecule has 1 unspecified atom stereocenters. The van der Waals surface area contributed by atoms with Gasteiger partial charge in [0, 0.05) is 12.5 Å². The van der Waals surface area contributed by atoms with Crippen LogP contribution in [0.15, 0.2) is 23.1 Å². The second kappa shape index (κ2) is 4.24. The number of benzene rings is 1. The number of nitrogens with one attached hydrogen (secondary N) is 1. The van der Waals surface area contributed by atoms with E-state index in [1.165, 1.54) is 12.1 Å². The topological polar surface area (TPSA) is 46.2 Å². The molecule has 1 aliphatic rings. The van der Waals surface area contributed by atoms with Gasteiger partial charge in [-0.25, -0.2) is 13.1 Å². The van der Waals surface area contributed by atoms with Crippen LogP contribution in [0.4, 0.5) is 13.2 Å². The zero-order chi connectivity index (χ0) is 13.6. The Kier molecular flexibility index (Phi) is 3.14. The zero-order valence-electron chi connectivity index (χ0n) is 9.58. The van der Waals surface area contributed by atoms with Crippen LogP contribution in [-0.4, -0.2) is 21.1 Å². The standard InChI is InChI=1S/C11H12F3NO2S/c1-7-2-3-10-9(4-7)8(5-11(12,13)14)6-15-18(10,16)17/h2-4,8,15H,5-6H2,1H3. The predicted molar refractivity (Wildman–Crippen MR) is 59.8 cm³/mol. The van der Waals surface area contributed by atoms with Crippen molar-refractivity contribution >= 4 is 10.0 Å². The van der Waals surface area contributed by atoms with E-state index < -0.39 is 28.5 Å². The second-order valence-electron chi connectivity index (χ2n) is 4.41. The summed E-state index contributed by atoms with van der Waals surface area (Å²) in [5.74, 6) is -0.858. The molecule has 3 nitrogen and oxygen atoms in total. The zero-order valence-corrected chi connectivity index (χ0v) is 10.4. The van der Waals surface area contributed by atoms with Gasteiger partial charge in [0.1, 0.15) is 0 Å². The summed E-state index contributed by atoms with van der Waals surface area (Å²) < 4.78 is 62.9. The Morgan fingerprint density at radius 2 is 2.06 bits per heavy atom. The van der Waals surface area contributed by atoms with Gasteiger partial charge in [0.05, 0.1) is 11.3 Å². The molecule has 1 aliphatic heterocycles. The van der Waals surface area contributed by atoms with Crippen molar-refractivity contribution in [3.63, 3.8) is 0 Å². The van der Waals surface area contributed by atoms with Crippen molar-refractivity contribution in [1.29, 1.82) is 0 Å². The average molecular weight is 279 g/mol. The van der Waals surface area contributed by atoms with E-state index in [0.29, 0.717) is 0 Å². The molecule has 0 aliphatic carbocycles. The van der Waals surface area contributed by atoms with Gasteiger partial charge in [0.15, 0.2) is 0 Å². The fraction of sp³-hybridized carbons (Fsp3) is 0.455. The summed E-state index contributed by atoms with van der Waals surface area (Å²) in [6.45, 7) is 1.51. The number of sulfonamides is 1. The number of fused-ring (bicyclic) bond motifs is 1. The highest BCUT2D eigenvalue weighted by molar-refractivity contribution is 7.89. The highest BCUT2D eigenvalue weighted by Gasteiger charge is 2.38. The molecule has 0 aromatic heterocycles. The molecule has 1 heterocycles. The van der Waals surface area contributed by atoms with Crippen molar-refractivity contribution in [2.45, 2.75) is 30.3 Å². The van der Waals surface area contributed by atoms with Crippen LogP contribution in [0.3, 0.4) is 0 Å². The van der Waals surface area contributed by atoms with Crippen molar-refractivity contribution in [1.82, 2.24) is 4.72 Å². The molecule has 18 heavy (non-hydrogen) atoms. The maximum atomic E-state index is 12.5. The lowest BCUT2D eigenvalue weighted by Crippen LogP contribution is -2.36. The number of aryl methyl sites for hydroxylation is 1.